The molecule has 1 aromatic rings. The summed E-state index contributed by atoms with van der Waals surface area (Å²) in [5.74, 6) is 0.448. The highest BCUT2D eigenvalue weighted by Gasteiger charge is 2.25. The molecule has 2 rings (SSSR count). The molecule has 1 aliphatic carbocycles. The van der Waals surface area contributed by atoms with E-state index in [9.17, 15) is 14.9 Å². The zero-order valence-corrected chi connectivity index (χ0v) is 13.5. The molecule has 0 atom stereocenters. The van der Waals surface area contributed by atoms with Crippen LogP contribution in [0, 0.1) is 16.0 Å². The molecule has 0 aromatic heterocycles. The average molecular weight is 320 g/mol. The Balaban J connectivity index is 1.84. The number of aryl methyl sites for hydroxylation is 1. The number of aliphatic hydroxyl groups excluding tert-OH is 1. The third-order valence-electron chi connectivity index (χ3n) is 4.76. The fourth-order valence-corrected chi connectivity index (χ4v) is 3.17. The zero-order valence-electron chi connectivity index (χ0n) is 13.5. The highest BCUT2D eigenvalue weighted by molar-refractivity contribution is 5.76. The van der Waals surface area contributed by atoms with Crippen LogP contribution in [0.5, 0.6) is 0 Å². The molecule has 6 nitrogen and oxygen atoms in total. The number of rotatable bonds is 6. The summed E-state index contributed by atoms with van der Waals surface area (Å²) in [6, 6.07) is 6.69. The lowest BCUT2D eigenvalue weighted by molar-refractivity contribution is -0.384. The maximum absolute atomic E-state index is 12.3. The summed E-state index contributed by atoms with van der Waals surface area (Å²) >= 11 is 0. The molecule has 23 heavy (non-hydrogen) atoms. The Morgan fingerprint density at radius 1 is 1.35 bits per heavy atom. The second kappa shape index (κ2) is 8.06. The first-order valence-corrected chi connectivity index (χ1v) is 8.11. The van der Waals surface area contributed by atoms with Crippen molar-refractivity contribution in [1.82, 2.24) is 4.90 Å². The standard InChI is InChI=1S/C17H24N2O4/c1-18(15-8-5-14(12-20)6-9-15)17(21)10-7-13-3-2-4-16(11-13)19(22)23/h2-4,11,14-15,20H,5-10,12H2,1H3. The van der Waals surface area contributed by atoms with E-state index in [4.69, 9.17) is 5.11 Å². The number of carbonyl (C=O) groups is 1. The molecule has 0 bridgehead atoms. The monoisotopic (exact) mass is 320 g/mol. The highest BCUT2D eigenvalue weighted by Crippen LogP contribution is 2.27. The van der Waals surface area contributed by atoms with Crippen molar-refractivity contribution in [2.45, 2.75) is 44.6 Å². The molecule has 1 aromatic carbocycles. The second-order valence-electron chi connectivity index (χ2n) is 6.29. The number of amides is 1. The van der Waals surface area contributed by atoms with E-state index in [1.807, 2.05) is 18.0 Å². The number of hydrogen-bond donors (Lipinski definition) is 1. The molecule has 1 amide bonds. The van der Waals surface area contributed by atoms with E-state index in [-0.39, 0.29) is 24.2 Å². The first-order chi connectivity index (χ1) is 11.0. The summed E-state index contributed by atoms with van der Waals surface area (Å²) in [4.78, 5) is 24.5. The number of non-ortho nitro benzene ring substituents is 1. The van der Waals surface area contributed by atoms with Crippen molar-refractivity contribution in [3.63, 3.8) is 0 Å². The van der Waals surface area contributed by atoms with E-state index in [0.717, 1.165) is 31.2 Å². The van der Waals surface area contributed by atoms with Gasteiger partial charge < -0.3 is 10.0 Å². The van der Waals surface area contributed by atoms with Crippen LogP contribution in [0.1, 0.15) is 37.7 Å². The maximum atomic E-state index is 12.3. The minimum atomic E-state index is -0.420. The zero-order chi connectivity index (χ0) is 16.8. The summed E-state index contributed by atoms with van der Waals surface area (Å²) in [5.41, 5.74) is 0.871. The molecule has 0 radical (unpaired) electrons. The van der Waals surface area contributed by atoms with Crippen LogP contribution in [-0.2, 0) is 11.2 Å². The molecular formula is C17H24N2O4. The lowest BCUT2D eigenvalue weighted by Crippen LogP contribution is -2.39. The summed E-state index contributed by atoms with van der Waals surface area (Å²) in [6.45, 7) is 0.233. The lowest BCUT2D eigenvalue weighted by atomic mass is 9.86. The van der Waals surface area contributed by atoms with Crippen molar-refractivity contribution in [3.8, 4) is 0 Å². The van der Waals surface area contributed by atoms with Gasteiger partial charge in [0, 0.05) is 38.2 Å². The summed E-state index contributed by atoms with van der Waals surface area (Å²) in [6.07, 6.45) is 4.66. The van der Waals surface area contributed by atoms with Crippen LogP contribution < -0.4 is 0 Å². The van der Waals surface area contributed by atoms with Crippen molar-refractivity contribution < 1.29 is 14.8 Å². The van der Waals surface area contributed by atoms with Gasteiger partial charge in [0.2, 0.25) is 5.91 Å². The lowest BCUT2D eigenvalue weighted by Gasteiger charge is -2.34. The van der Waals surface area contributed by atoms with Gasteiger partial charge in [0.25, 0.3) is 5.69 Å². The van der Waals surface area contributed by atoms with E-state index in [1.165, 1.54) is 12.1 Å². The number of carbonyl (C=O) groups excluding carboxylic acids is 1. The number of aliphatic hydroxyl groups is 1. The Morgan fingerprint density at radius 2 is 2.04 bits per heavy atom. The van der Waals surface area contributed by atoms with Gasteiger partial charge >= 0.3 is 0 Å². The van der Waals surface area contributed by atoms with Gasteiger partial charge in [-0.15, -0.1) is 0 Å². The molecule has 126 valence electrons. The SMILES string of the molecule is CN(C(=O)CCc1cccc([N+](=O)[O-])c1)C1CCC(CO)CC1. The number of nitro benzene ring substituents is 1. The van der Waals surface area contributed by atoms with E-state index in [2.05, 4.69) is 0 Å². The van der Waals surface area contributed by atoms with Crippen molar-refractivity contribution in [2.24, 2.45) is 5.92 Å². The van der Waals surface area contributed by atoms with Gasteiger partial charge in [-0.3, -0.25) is 14.9 Å². The third-order valence-corrected chi connectivity index (χ3v) is 4.76. The maximum Gasteiger partial charge on any atom is 0.269 e. The normalized spacial score (nSPS) is 21.0. The molecule has 1 N–H and O–H groups in total. The van der Waals surface area contributed by atoms with Gasteiger partial charge in [-0.2, -0.15) is 0 Å². The topological polar surface area (TPSA) is 83.7 Å². The fourth-order valence-electron chi connectivity index (χ4n) is 3.17. The van der Waals surface area contributed by atoms with E-state index in [0.29, 0.717) is 18.8 Å². The minimum absolute atomic E-state index is 0.0608. The summed E-state index contributed by atoms with van der Waals surface area (Å²) in [5, 5.41) is 19.9. The molecule has 0 aliphatic heterocycles. The van der Waals surface area contributed by atoms with Crippen molar-refractivity contribution in [1.29, 1.82) is 0 Å². The van der Waals surface area contributed by atoms with Crippen LogP contribution in [-0.4, -0.2) is 40.5 Å². The number of nitrogens with zero attached hydrogens (tertiary/aromatic N) is 2. The van der Waals surface area contributed by atoms with Gasteiger partial charge in [-0.05, 0) is 43.6 Å². The third kappa shape index (κ3) is 4.76. The molecule has 0 saturated heterocycles. The van der Waals surface area contributed by atoms with Gasteiger partial charge in [0.1, 0.15) is 0 Å². The van der Waals surface area contributed by atoms with Crippen molar-refractivity contribution in [2.75, 3.05) is 13.7 Å². The molecule has 1 fully saturated rings. The van der Waals surface area contributed by atoms with Gasteiger partial charge in [-0.1, -0.05) is 12.1 Å². The molecule has 6 heteroatoms. The minimum Gasteiger partial charge on any atom is -0.396 e. The Hall–Kier alpha value is -1.95. The molecule has 0 unspecified atom stereocenters. The van der Waals surface area contributed by atoms with Crippen molar-refractivity contribution in [3.05, 3.63) is 39.9 Å². The van der Waals surface area contributed by atoms with E-state index >= 15 is 0 Å². The molecular weight excluding hydrogens is 296 g/mol. The first-order valence-electron chi connectivity index (χ1n) is 8.11. The van der Waals surface area contributed by atoms with Crippen LogP contribution in [0.15, 0.2) is 24.3 Å². The highest BCUT2D eigenvalue weighted by atomic mass is 16.6. The van der Waals surface area contributed by atoms with Gasteiger partial charge in [0.15, 0.2) is 0 Å². The largest absolute Gasteiger partial charge is 0.396 e. The van der Waals surface area contributed by atoms with Gasteiger partial charge in [-0.25, -0.2) is 0 Å². The number of benzene rings is 1. The Labute approximate surface area is 136 Å². The summed E-state index contributed by atoms with van der Waals surface area (Å²) < 4.78 is 0. The summed E-state index contributed by atoms with van der Waals surface area (Å²) in [7, 11) is 1.83. The molecule has 0 heterocycles. The number of nitro groups is 1. The Bertz CT molecular complexity index is 553. The molecule has 1 aliphatic rings. The molecule has 0 spiro atoms. The van der Waals surface area contributed by atoms with Crippen LogP contribution in [0.4, 0.5) is 5.69 Å². The fraction of sp³-hybridized carbons (Fsp3) is 0.588. The predicted molar refractivity (Wildman–Crippen MR) is 87.0 cm³/mol. The van der Waals surface area contributed by atoms with Crippen LogP contribution in [0.3, 0.4) is 0 Å². The van der Waals surface area contributed by atoms with Crippen molar-refractivity contribution >= 4 is 11.6 Å². The quantitative estimate of drug-likeness (QED) is 0.645. The second-order valence-corrected chi connectivity index (χ2v) is 6.29. The number of hydrogen-bond acceptors (Lipinski definition) is 4. The average Bonchev–Trinajstić information content (AvgIpc) is 2.59. The first kappa shape index (κ1) is 17.4. The van der Waals surface area contributed by atoms with E-state index in [1.54, 1.807) is 6.07 Å². The Morgan fingerprint density at radius 3 is 2.65 bits per heavy atom. The van der Waals surface area contributed by atoms with Crippen LogP contribution in [0.25, 0.3) is 0 Å². The van der Waals surface area contributed by atoms with Crippen LogP contribution in [0.2, 0.25) is 0 Å². The molecule has 1 saturated carbocycles. The smallest absolute Gasteiger partial charge is 0.269 e. The predicted octanol–water partition coefficient (Wildman–Crippen LogP) is 2.54. The van der Waals surface area contributed by atoms with E-state index < -0.39 is 4.92 Å². The van der Waals surface area contributed by atoms with Crippen LogP contribution >= 0.6 is 0 Å². The van der Waals surface area contributed by atoms with Gasteiger partial charge in [0.05, 0.1) is 4.92 Å². The Kier molecular flexibility index (Phi) is 6.10.